The van der Waals surface area contributed by atoms with Crippen LogP contribution in [0.4, 0.5) is 11.4 Å². The highest BCUT2D eigenvalue weighted by atomic mass is 16.1. The number of carbonyl (C=O) groups excluding carboxylic acids is 1. The normalized spacial score (nSPS) is 8.92. The first-order valence-electron chi connectivity index (χ1n) is 3.24. The maximum Gasteiger partial charge on any atom is 0.262 e. The van der Waals surface area contributed by atoms with Gasteiger partial charge in [0, 0.05) is 16.9 Å². The number of benzene rings is 1. The van der Waals surface area contributed by atoms with Gasteiger partial charge in [0.2, 0.25) is 0 Å². The molecule has 0 aromatic heterocycles. The second-order valence-electron chi connectivity index (χ2n) is 2.33. The van der Waals surface area contributed by atoms with E-state index in [1.807, 2.05) is 0 Å². The molecule has 0 bridgehead atoms. The second kappa shape index (κ2) is 2.93. The van der Waals surface area contributed by atoms with Crippen molar-refractivity contribution in [3.05, 3.63) is 23.8 Å². The average Bonchev–Trinajstić information content (AvgIpc) is 2.01. The van der Waals surface area contributed by atoms with Crippen LogP contribution < -0.4 is 11.5 Å². The molecule has 0 unspecified atom stereocenters. The molecule has 0 amide bonds. The first-order chi connectivity index (χ1) is 5.63. The van der Waals surface area contributed by atoms with Gasteiger partial charge in [-0.25, -0.2) is 0 Å². The minimum absolute atomic E-state index is 0.231. The van der Waals surface area contributed by atoms with Crippen molar-refractivity contribution < 1.29 is 4.79 Å². The van der Waals surface area contributed by atoms with E-state index in [-0.39, 0.29) is 5.56 Å². The van der Waals surface area contributed by atoms with Crippen LogP contribution in [0.5, 0.6) is 0 Å². The predicted molar refractivity (Wildman–Crippen MR) is 45.2 cm³/mol. The summed E-state index contributed by atoms with van der Waals surface area (Å²) in [6.45, 7) is 0. The van der Waals surface area contributed by atoms with Gasteiger partial charge in [-0.05, 0) is 18.2 Å². The maximum absolute atomic E-state index is 10.8. The van der Waals surface area contributed by atoms with Crippen LogP contribution in [0.1, 0.15) is 10.4 Å². The van der Waals surface area contributed by atoms with E-state index >= 15 is 0 Å². The molecule has 1 rings (SSSR count). The fraction of sp³-hybridized carbons (Fsp3) is 0. The Balaban J connectivity index is 3.19. The molecule has 12 heavy (non-hydrogen) atoms. The quantitative estimate of drug-likeness (QED) is 0.357. The SMILES string of the molecule is N#CC(=O)c1cc(N)cc(N)c1. The summed E-state index contributed by atoms with van der Waals surface area (Å²) in [6, 6.07) is 5.84. The molecule has 1 aromatic rings. The van der Waals surface area contributed by atoms with Gasteiger partial charge in [-0.15, -0.1) is 0 Å². The van der Waals surface area contributed by atoms with Crippen LogP contribution >= 0.6 is 0 Å². The van der Waals surface area contributed by atoms with Gasteiger partial charge < -0.3 is 11.5 Å². The fourth-order valence-corrected chi connectivity index (χ4v) is 0.872. The molecule has 60 valence electrons. The highest BCUT2D eigenvalue weighted by molar-refractivity contribution is 6.08. The summed E-state index contributed by atoms with van der Waals surface area (Å²) in [6.07, 6.45) is 0. The molecule has 0 spiro atoms. The van der Waals surface area contributed by atoms with Gasteiger partial charge in [-0.1, -0.05) is 0 Å². The van der Waals surface area contributed by atoms with E-state index in [4.69, 9.17) is 16.7 Å². The third-order valence-corrected chi connectivity index (χ3v) is 1.34. The summed E-state index contributed by atoms with van der Waals surface area (Å²) < 4.78 is 0. The summed E-state index contributed by atoms with van der Waals surface area (Å²) in [7, 11) is 0. The Hall–Kier alpha value is -2.02. The van der Waals surface area contributed by atoms with Crippen molar-refractivity contribution in [3.8, 4) is 6.07 Å². The first-order valence-corrected chi connectivity index (χ1v) is 3.24. The Morgan fingerprint density at radius 3 is 2.17 bits per heavy atom. The summed E-state index contributed by atoms with van der Waals surface area (Å²) in [4.78, 5) is 10.8. The van der Waals surface area contributed by atoms with Crippen LogP contribution in [0, 0.1) is 11.3 Å². The van der Waals surface area contributed by atoms with E-state index in [2.05, 4.69) is 0 Å². The first kappa shape index (κ1) is 8.08. The lowest BCUT2D eigenvalue weighted by atomic mass is 10.1. The zero-order chi connectivity index (χ0) is 9.14. The van der Waals surface area contributed by atoms with Crippen LogP contribution in [0.15, 0.2) is 18.2 Å². The lowest BCUT2D eigenvalue weighted by Gasteiger charge is -1.98. The summed E-state index contributed by atoms with van der Waals surface area (Å²) in [5.41, 5.74) is 11.8. The predicted octanol–water partition coefficient (Wildman–Crippen LogP) is 0.557. The number of Topliss-reactive ketones (excluding diaryl/α,β-unsaturated/α-hetero) is 1. The van der Waals surface area contributed by atoms with Gasteiger partial charge >= 0.3 is 0 Å². The van der Waals surface area contributed by atoms with Crippen molar-refractivity contribution in [2.24, 2.45) is 0 Å². The van der Waals surface area contributed by atoms with Crippen LogP contribution in [0.3, 0.4) is 0 Å². The Morgan fingerprint density at radius 2 is 1.75 bits per heavy atom. The topological polar surface area (TPSA) is 92.9 Å². The van der Waals surface area contributed by atoms with E-state index in [1.54, 1.807) is 0 Å². The fourth-order valence-electron chi connectivity index (χ4n) is 0.872. The Kier molecular flexibility index (Phi) is 1.97. The number of nitrogen functional groups attached to an aromatic ring is 2. The van der Waals surface area contributed by atoms with Gasteiger partial charge in [0.1, 0.15) is 6.07 Å². The molecule has 0 fully saturated rings. The van der Waals surface area contributed by atoms with Crippen molar-refractivity contribution in [1.29, 1.82) is 5.26 Å². The van der Waals surface area contributed by atoms with E-state index in [0.717, 1.165) is 0 Å². The molecule has 0 saturated carbocycles. The molecule has 0 aliphatic carbocycles. The number of carbonyl (C=O) groups is 1. The average molecular weight is 161 g/mol. The molecule has 0 saturated heterocycles. The van der Waals surface area contributed by atoms with E-state index < -0.39 is 5.78 Å². The second-order valence-corrected chi connectivity index (χ2v) is 2.33. The van der Waals surface area contributed by atoms with E-state index in [0.29, 0.717) is 11.4 Å². The number of hydrogen-bond donors (Lipinski definition) is 2. The van der Waals surface area contributed by atoms with E-state index in [1.165, 1.54) is 24.3 Å². The number of nitrogens with zero attached hydrogens (tertiary/aromatic N) is 1. The molecule has 1 aromatic carbocycles. The van der Waals surface area contributed by atoms with Crippen molar-refractivity contribution in [1.82, 2.24) is 0 Å². The van der Waals surface area contributed by atoms with E-state index in [9.17, 15) is 4.79 Å². The highest BCUT2D eigenvalue weighted by Crippen LogP contribution is 2.13. The van der Waals surface area contributed by atoms with Gasteiger partial charge in [-0.2, -0.15) is 5.26 Å². The number of ketones is 1. The van der Waals surface area contributed by atoms with Crippen LogP contribution in [0.2, 0.25) is 0 Å². The highest BCUT2D eigenvalue weighted by Gasteiger charge is 2.04. The minimum Gasteiger partial charge on any atom is -0.399 e. The Morgan fingerprint density at radius 1 is 1.25 bits per heavy atom. The maximum atomic E-state index is 10.8. The van der Waals surface area contributed by atoms with Gasteiger partial charge in [0.05, 0.1) is 0 Å². The summed E-state index contributed by atoms with van der Waals surface area (Å²) in [5.74, 6) is -0.631. The molecule has 4 nitrogen and oxygen atoms in total. The molecule has 0 aliphatic heterocycles. The van der Waals surface area contributed by atoms with Gasteiger partial charge in [0.25, 0.3) is 5.78 Å². The molecule has 4 N–H and O–H groups in total. The van der Waals surface area contributed by atoms with Crippen LogP contribution in [-0.2, 0) is 0 Å². The van der Waals surface area contributed by atoms with Crippen molar-refractivity contribution in [2.75, 3.05) is 11.5 Å². The molecular weight excluding hydrogens is 154 g/mol. The smallest absolute Gasteiger partial charge is 0.262 e. The van der Waals surface area contributed by atoms with Gasteiger partial charge in [-0.3, -0.25) is 4.79 Å². The third-order valence-electron chi connectivity index (χ3n) is 1.34. The van der Waals surface area contributed by atoms with Crippen LogP contribution in [-0.4, -0.2) is 5.78 Å². The van der Waals surface area contributed by atoms with Crippen molar-refractivity contribution in [2.45, 2.75) is 0 Å². The monoisotopic (exact) mass is 161 g/mol. The van der Waals surface area contributed by atoms with Gasteiger partial charge in [0.15, 0.2) is 0 Å². The molecule has 0 radical (unpaired) electrons. The number of nitriles is 1. The summed E-state index contributed by atoms with van der Waals surface area (Å²) in [5, 5.41) is 8.29. The van der Waals surface area contributed by atoms with Crippen LogP contribution in [0.25, 0.3) is 0 Å². The Bertz CT molecular complexity index is 345. The number of rotatable bonds is 1. The number of hydrogen-bond acceptors (Lipinski definition) is 4. The zero-order valence-electron chi connectivity index (χ0n) is 6.24. The van der Waals surface area contributed by atoms with Crippen molar-refractivity contribution in [3.63, 3.8) is 0 Å². The third kappa shape index (κ3) is 1.52. The largest absolute Gasteiger partial charge is 0.399 e. The molecule has 0 heterocycles. The summed E-state index contributed by atoms with van der Waals surface area (Å²) >= 11 is 0. The lowest BCUT2D eigenvalue weighted by molar-refractivity contribution is 0.105. The standard InChI is InChI=1S/C8H7N3O/c9-4-8(12)5-1-6(10)3-7(11)2-5/h1-3H,10-11H2. The molecule has 0 aliphatic rings. The molecule has 4 heteroatoms. The lowest BCUT2D eigenvalue weighted by Crippen LogP contribution is -1.98. The molecular formula is C8H7N3O. The van der Waals surface area contributed by atoms with Crippen molar-refractivity contribution >= 4 is 17.2 Å². The Labute approximate surface area is 69.4 Å². The molecule has 0 atom stereocenters. The number of anilines is 2. The zero-order valence-corrected chi connectivity index (χ0v) is 6.24. The number of nitrogens with two attached hydrogens (primary N) is 2. The minimum atomic E-state index is -0.631.